The maximum absolute atomic E-state index is 14.6. The Bertz CT molecular complexity index is 1230. The van der Waals surface area contributed by atoms with Crippen LogP contribution in [0.4, 0.5) is 4.39 Å². The number of ether oxygens (including phenoxy) is 3. The first kappa shape index (κ1) is 30.6. The van der Waals surface area contributed by atoms with Crippen LogP contribution in [-0.2, 0) is 22.3 Å². The van der Waals surface area contributed by atoms with Crippen LogP contribution in [0.25, 0.3) is 0 Å². The van der Waals surface area contributed by atoms with E-state index in [9.17, 15) is 14.6 Å². The third kappa shape index (κ3) is 7.57. The molecule has 0 spiro atoms. The summed E-state index contributed by atoms with van der Waals surface area (Å²) in [6.45, 7) is 2.81. The van der Waals surface area contributed by atoms with Crippen LogP contribution in [0.5, 0.6) is 5.75 Å². The van der Waals surface area contributed by atoms with Gasteiger partial charge in [-0.15, -0.1) is 0 Å². The molecule has 0 heterocycles. The number of methoxy groups -OCH3 is 1. The van der Waals surface area contributed by atoms with E-state index in [1.54, 1.807) is 6.07 Å². The lowest BCUT2D eigenvalue weighted by molar-refractivity contribution is -0.0524. The summed E-state index contributed by atoms with van der Waals surface area (Å²) in [4.78, 5) is 1.98. The number of halogens is 1. The topological polar surface area (TPSA) is 71.4 Å². The van der Waals surface area contributed by atoms with Crippen LogP contribution in [0, 0.1) is 5.82 Å². The molecule has 0 fully saturated rings. The molecule has 5 atom stereocenters. The number of benzene rings is 3. The lowest BCUT2D eigenvalue weighted by atomic mass is 9.89. The first-order valence-corrected chi connectivity index (χ1v) is 15.2. The van der Waals surface area contributed by atoms with Crippen LogP contribution in [0.2, 0.25) is 0 Å². The number of hydrogen-bond donors (Lipinski definition) is 2. The van der Waals surface area contributed by atoms with Crippen molar-refractivity contribution < 1.29 is 28.8 Å². The number of aliphatic hydroxyl groups excluding tert-OH is 2. The number of aliphatic hydroxyl groups is 2. The molecule has 2 aliphatic carbocycles. The highest BCUT2D eigenvalue weighted by atomic mass is 19.1. The van der Waals surface area contributed by atoms with E-state index in [1.165, 1.54) is 35.4 Å². The predicted molar refractivity (Wildman–Crippen MR) is 161 cm³/mol. The van der Waals surface area contributed by atoms with Crippen molar-refractivity contribution >= 4 is 0 Å². The smallest absolute Gasteiger partial charge is 0.165 e. The Morgan fingerprint density at radius 1 is 0.810 bits per heavy atom. The quantitative estimate of drug-likeness (QED) is 0.256. The van der Waals surface area contributed by atoms with Crippen molar-refractivity contribution in [3.8, 4) is 5.75 Å². The molecule has 0 aromatic heterocycles. The molecule has 2 N–H and O–H groups in total. The van der Waals surface area contributed by atoms with E-state index < -0.39 is 18.0 Å². The van der Waals surface area contributed by atoms with Crippen molar-refractivity contribution in [2.45, 2.75) is 75.9 Å². The Morgan fingerprint density at radius 2 is 1.33 bits per heavy atom. The third-order valence-electron chi connectivity index (χ3n) is 8.70. The summed E-state index contributed by atoms with van der Waals surface area (Å²) < 4.78 is 32.2. The Morgan fingerprint density at radius 3 is 1.83 bits per heavy atom. The molecule has 0 radical (unpaired) electrons. The molecule has 0 saturated heterocycles. The van der Waals surface area contributed by atoms with Gasteiger partial charge in [0.25, 0.3) is 0 Å². The van der Waals surface area contributed by atoms with E-state index in [2.05, 4.69) is 36.4 Å². The first-order valence-electron chi connectivity index (χ1n) is 15.2. The van der Waals surface area contributed by atoms with Crippen LogP contribution in [0.1, 0.15) is 78.7 Å². The molecule has 0 bridgehead atoms. The van der Waals surface area contributed by atoms with Gasteiger partial charge in [0.15, 0.2) is 11.6 Å². The van der Waals surface area contributed by atoms with Gasteiger partial charge in [0.1, 0.15) is 0 Å². The fourth-order valence-corrected chi connectivity index (χ4v) is 6.41. The first-order chi connectivity index (χ1) is 20.4. The second-order valence-electron chi connectivity index (χ2n) is 11.7. The third-order valence-corrected chi connectivity index (χ3v) is 8.70. The van der Waals surface area contributed by atoms with Crippen molar-refractivity contribution in [2.24, 2.45) is 0 Å². The fourth-order valence-electron chi connectivity index (χ4n) is 6.41. The molecule has 226 valence electrons. The highest BCUT2D eigenvalue weighted by Gasteiger charge is 2.27. The Labute approximate surface area is 249 Å². The van der Waals surface area contributed by atoms with Gasteiger partial charge >= 0.3 is 0 Å². The van der Waals surface area contributed by atoms with Gasteiger partial charge < -0.3 is 24.4 Å². The molecule has 5 unspecified atom stereocenters. The van der Waals surface area contributed by atoms with Gasteiger partial charge in [0.2, 0.25) is 0 Å². The van der Waals surface area contributed by atoms with Crippen LogP contribution in [0.3, 0.4) is 0 Å². The molecule has 0 amide bonds. The molecule has 7 heteroatoms. The van der Waals surface area contributed by atoms with E-state index in [0.29, 0.717) is 0 Å². The Hall–Kier alpha value is -2.81. The maximum Gasteiger partial charge on any atom is 0.165 e. The van der Waals surface area contributed by atoms with E-state index in [0.717, 1.165) is 44.1 Å². The molecular formula is C35H44FNO5. The number of hydrogen-bond acceptors (Lipinski definition) is 6. The van der Waals surface area contributed by atoms with Crippen LogP contribution < -0.4 is 4.74 Å². The second-order valence-corrected chi connectivity index (χ2v) is 11.7. The Kier molecular flexibility index (Phi) is 10.6. The van der Waals surface area contributed by atoms with Gasteiger partial charge in [-0.3, -0.25) is 4.90 Å². The minimum absolute atomic E-state index is 0.0384. The maximum atomic E-state index is 14.6. The van der Waals surface area contributed by atoms with Gasteiger partial charge in [-0.1, -0.05) is 54.6 Å². The second kappa shape index (κ2) is 14.6. The summed E-state index contributed by atoms with van der Waals surface area (Å²) >= 11 is 0. The minimum atomic E-state index is -0.789. The standard InChI is InChI=1S/C35H44FNO5/c1-24(27-17-18-35(40-2)32(36)19-27)37(20-28(38)22-41-33-15-7-11-25-9-3-5-13-30(25)33)21-29(39)23-42-34-16-8-12-26-10-4-6-14-31(26)34/h3-6,9-10,13-14,17-19,24,28-29,33-34,38-39H,7-8,11-12,15-16,20-23H2,1-2H3. The lowest BCUT2D eigenvalue weighted by Gasteiger charge is -2.34. The fraction of sp³-hybridized carbons (Fsp3) is 0.486. The molecule has 42 heavy (non-hydrogen) atoms. The summed E-state index contributed by atoms with van der Waals surface area (Å²) in [5.74, 6) is -0.263. The van der Waals surface area contributed by atoms with E-state index in [4.69, 9.17) is 14.2 Å². The molecule has 5 rings (SSSR count). The zero-order valence-corrected chi connectivity index (χ0v) is 24.8. The predicted octanol–water partition coefficient (Wildman–Crippen LogP) is 6.11. The molecule has 0 saturated carbocycles. The summed E-state index contributed by atoms with van der Waals surface area (Å²) in [5.41, 5.74) is 5.75. The van der Waals surface area contributed by atoms with Crippen molar-refractivity contribution in [3.05, 3.63) is 100 Å². The van der Waals surface area contributed by atoms with Gasteiger partial charge in [-0.05, 0) is 85.4 Å². The van der Waals surface area contributed by atoms with Crippen molar-refractivity contribution in [2.75, 3.05) is 33.4 Å². The van der Waals surface area contributed by atoms with Crippen LogP contribution in [-0.4, -0.2) is 60.7 Å². The normalized spacial score (nSPS) is 20.4. The Balaban J connectivity index is 1.24. The van der Waals surface area contributed by atoms with Gasteiger partial charge in [-0.2, -0.15) is 0 Å². The molecule has 3 aromatic rings. The summed E-state index contributed by atoms with van der Waals surface area (Å²) in [7, 11) is 1.44. The minimum Gasteiger partial charge on any atom is -0.494 e. The number of rotatable bonds is 13. The van der Waals surface area contributed by atoms with E-state index in [-0.39, 0.29) is 50.3 Å². The number of fused-ring (bicyclic) bond motifs is 2. The molecule has 2 aliphatic rings. The van der Waals surface area contributed by atoms with Crippen molar-refractivity contribution in [3.63, 3.8) is 0 Å². The summed E-state index contributed by atoms with van der Waals surface area (Å²) in [6, 6.07) is 21.3. The van der Waals surface area contributed by atoms with Crippen molar-refractivity contribution in [1.29, 1.82) is 0 Å². The average molecular weight is 578 g/mol. The van der Waals surface area contributed by atoms with E-state index in [1.807, 2.05) is 30.0 Å². The number of nitrogens with zero attached hydrogens (tertiary/aromatic N) is 1. The highest BCUT2D eigenvalue weighted by Crippen LogP contribution is 2.34. The zero-order valence-electron chi connectivity index (χ0n) is 24.8. The molecular weight excluding hydrogens is 533 g/mol. The van der Waals surface area contributed by atoms with E-state index >= 15 is 0 Å². The average Bonchev–Trinajstić information content (AvgIpc) is 3.02. The van der Waals surface area contributed by atoms with Crippen molar-refractivity contribution in [1.82, 2.24) is 4.90 Å². The summed E-state index contributed by atoms with van der Waals surface area (Å²) in [5, 5.41) is 22.2. The lowest BCUT2D eigenvalue weighted by Crippen LogP contribution is -2.42. The summed E-state index contributed by atoms with van der Waals surface area (Å²) in [6.07, 6.45) is 4.41. The molecule has 6 nitrogen and oxygen atoms in total. The molecule has 0 aliphatic heterocycles. The van der Waals surface area contributed by atoms with Gasteiger partial charge in [0.05, 0.1) is 44.7 Å². The zero-order chi connectivity index (χ0) is 29.5. The van der Waals surface area contributed by atoms with Gasteiger partial charge in [0, 0.05) is 19.1 Å². The molecule has 3 aromatic carbocycles. The number of aryl methyl sites for hydroxylation is 2. The largest absolute Gasteiger partial charge is 0.494 e. The SMILES string of the molecule is COc1ccc(C(C)N(CC(O)COC2CCCc3ccccc32)CC(O)COC2CCCc3ccccc32)cc1F. The highest BCUT2D eigenvalue weighted by molar-refractivity contribution is 5.33. The monoisotopic (exact) mass is 577 g/mol. The van der Waals surface area contributed by atoms with Crippen LogP contribution in [0.15, 0.2) is 66.7 Å². The van der Waals surface area contributed by atoms with Crippen LogP contribution >= 0.6 is 0 Å². The van der Waals surface area contributed by atoms with Gasteiger partial charge in [-0.25, -0.2) is 4.39 Å².